The predicted molar refractivity (Wildman–Crippen MR) is 61.9 cm³/mol. The van der Waals surface area contributed by atoms with Crippen LogP contribution in [0.25, 0.3) is 0 Å². The van der Waals surface area contributed by atoms with E-state index in [1.54, 1.807) is 0 Å². The Morgan fingerprint density at radius 1 is 0.923 bits per heavy atom. The highest BCUT2D eigenvalue weighted by molar-refractivity contribution is 4.76. The molecule has 0 radical (unpaired) electrons. The van der Waals surface area contributed by atoms with Crippen molar-refractivity contribution in [3.8, 4) is 0 Å². The lowest BCUT2D eigenvalue weighted by atomic mass is 9.72. The quantitative estimate of drug-likeness (QED) is 0.573. The smallest absolute Gasteiger partial charge is 0.0386 e. The minimum atomic E-state index is 1.00. The molecule has 1 aliphatic carbocycles. The molecule has 3 unspecified atom stereocenters. The van der Waals surface area contributed by atoms with Crippen molar-refractivity contribution >= 4 is 0 Å². The molecule has 0 bridgehead atoms. The zero-order valence-corrected chi connectivity index (χ0v) is 10.3. The van der Waals surface area contributed by atoms with Crippen molar-refractivity contribution in [1.29, 1.82) is 0 Å². The fourth-order valence-corrected chi connectivity index (χ4v) is 2.60. The van der Waals surface area contributed by atoms with Crippen LogP contribution in [0.3, 0.4) is 0 Å². The minimum absolute atomic E-state index is 1.00. The summed E-state index contributed by atoms with van der Waals surface area (Å²) in [6, 6.07) is 0. The molecule has 0 N–H and O–H groups in total. The first-order valence-corrected chi connectivity index (χ1v) is 6.27. The lowest BCUT2D eigenvalue weighted by Gasteiger charge is -2.33. The first kappa shape index (κ1) is 13.0. The SMILES string of the molecule is CC.CCC1CCC(C)CC1CC. The standard InChI is InChI=1S/C11H22.C2H6/c1-4-10-7-6-9(3)8-11(10)5-2;1-2/h9-11H,4-8H2,1-3H3;1-2H3. The fraction of sp³-hybridized carbons (Fsp3) is 1.00. The Hall–Kier alpha value is 0. The van der Waals surface area contributed by atoms with Gasteiger partial charge in [0.25, 0.3) is 0 Å². The van der Waals surface area contributed by atoms with Crippen LogP contribution in [0.2, 0.25) is 0 Å². The van der Waals surface area contributed by atoms with Gasteiger partial charge in [0.15, 0.2) is 0 Å². The summed E-state index contributed by atoms with van der Waals surface area (Å²) in [5, 5.41) is 0. The van der Waals surface area contributed by atoms with Gasteiger partial charge >= 0.3 is 0 Å². The van der Waals surface area contributed by atoms with Crippen LogP contribution in [0.15, 0.2) is 0 Å². The van der Waals surface area contributed by atoms with E-state index in [9.17, 15) is 0 Å². The van der Waals surface area contributed by atoms with Crippen molar-refractivity contribution in [3.05, 3.63) is 0 Å². The summed E-state index contributed by atoms with van der Waals surface area (Å²) in [6.45, 7) is 11.1. The summed E-state index contributed by atoms with van der Waals surface area (Å²) in [5.74, 6) is 3.10. The fourth-order valence-electron chi connectivity index (χ4n) is 2.60. The molecule has 1 rings (SSSR count). The van der Waals surface area contributed by atoms with Crippen LogP contribution in [-0.4, -0.2) is 0 Å². The second-order valence-electron chi connectivity index (χ2n) is 4.25. The molecule has 1 aliphatic rings. The Balaban J connectivity index is 0.000000671. The average molecular weight is 184 g/mol. The van der Waals surface area contributed by atoms with E-state index in [4.69, 9.17) is 0 Å². The van der Waals surface area contributed by atoms with E-state index in [0.717, 1.165) is 17.8 Å². The zero-order chi connectivity index (χ0) is 10.3. The van der Waals surface area contributed by atoms with E-state index >= 15 is 0 Å². The largest absolute Gasteiger partial charge is 0.0683 e. The molecule has 0 saturated heterocycles. The Morgan fingerprint density at radius 2 is 1.46 bits per heavy atom. The van der Waals surface area contributed by atoms with E-state index in [2.05, 4.69) is 20.8 Å². The van der Waals surface area contributed by atoms with Crippen molar-refractivity contribution in [1.82, 2.24) is 0 Å². The molecule has 3 atom stereocenters. The Kier molecular flexibility index (Phi) is 7.41. The average Bonchev–Trinajstić information content (AvgIpc) is 2.20. The molecule has 0 aliphatic heterocycles. The van der Waals surface area contributed by atoms with Crippen LogP contribution < -0.4 is 0 Å². The van der Waals surface area contributed by atoms with E-state index in [1.165, 1.54) is 32.1 Å². The van der Waals surface area contributed by atoms with Gasteiger partial charge in [0.2, 0.25) is 0 Å². The monoisotopic (exact) mass is 184 g/mol. The van der Waals surface area contributed by atoms with E-state index in [0.29, 0.717) is 0 Å². The van der Waals surface area contributed by atoms with Crippen LogP contribution in [0.1, 0.15) is 66.7 Å². The highest BCUT2D eigenvalue weighted by Crippen LogP contribution is 2.36. The first-order valence-electron chi connectivity index (χ1n) is 6.27. The van der Waals surface area contributed by atoms with Gasteiger partial charge in [-0.25, -0.2) is 0 Å². The van der Waals surface area contributed by atoms with E-state index < -0.39 is 0 Å². The Morgan fingerprint density at radius 3 is 1.92 bits per heavy atom. The maximum Gasteiger partial charge on any atom is -0.0386 e. The summed E-state index contributed by atoms with van der Waals surface area (Å²) < 4.78 is 0. The lowest BCUT2D eigenvalue weighted by Crippen LogP contribution is -2.22. The second kappa shape index (κ2) is 7.41. The van der Waals surface area contributed by atoms with E-state index in [-0.39, 0.29) is 0 Å². The van der Waals surface area contributed by atoms with Gasteiger partial charge < -0.3 is 0 Å². The zero-order valence-electron chi connectivity index (χ0n) is 10.3. The second-order valence-corrected chi connectivity index (χ2v) is 4.25. The van der Waals surface area contributed by atoms with Crippen LogP contribution in [-0.2, 0) is 0 Å². The van der Waals surface area contributed by atoms with Gasteiger partial charge in [0, 0.05) is 0 Å². The number of hydrogen-bond acceptors (Lipinski definition) is 0. The Labute approximate surface area is 85.1 Å². The van der Waals surface area contributed by atoms with Gasteiger partial charge in [-0.05, 0) is 30.6 Å². The summed E-state index contributed by atoms with van der Waals surface area (Å²) in [6.07, 6.45) is 7.29. The molecule has 0 heteroatoms. The van der Waals surface area contributed by atoms with Gasteiger partial charge in [0.05, 0.1) is 0 Å². The summed E-state index contributed by atoms with van der Waals surface area (Å²) >= 11 is 0. The third-order valence-corrected chi connectivity index (χ3v) is 3.45. The molecule has 0 aromatic rings. The molecular weight excluding hydrogens is 156 g/mol. The third kappa shape index (κ3) is 4.15. The van der Waals surface area contributed by atoms with Gasteiger partial charge in [-0.3, -0.25) is 0 Å². The minimum Gasteiger partial charge on any atom is -0.0683 e. The van der Waals surface area contributed by atoms with Crippen LogP contribution >= 0.6 is 0 Å². The highest BCUT2D eigenvalue weighted by atomic mass is 14.3. The molecule has 0 aromatic carbocycles. The van der Waals surface area contributed by atoms with Crippen LogP contribution in [0.5, 0.6) is 0 Å². The molecule has 0 heterocycles. The summed E-state index contributed by atoms with van der Waals surface area (Å²) in [4.78, 5) is 0. The van der Waals surface area contributed by atoms with Gasteiger partial charge in [-0.1, -0.05) is 53.9 Å². The predicted octanol–water partition coefficient (Wildman–Crippen LogP) is 4.89. The molecule has 0 aromatic heterocycles. The van der Waals surface area contributed by atoms with Gasteiger partial charge in [0.1, 0.15) is 0 Å². The van der Waals surface area contributed by atoms with Crippen molar-refractivity contribution < 1.29 is 0 Å². The summed E-state index contributed by atoms with van der Waals surface area (Å²) in [7, 11) is 0. The molecule has 1 fully saturated rings. The molecule has 13 heavy (non-hydrogen) atoms. The van der Waals surface area contributed by atoms with Crippen molar-refractivity contribution in [3.63, 3.8) is 0 Å². The first-order chi connectivity index (χ1) is 6.27. The normalized spacial score (nSPS) is 33.5. The van der Waals surface area contributed by atoms with Gasteiger partial charge in [-0.2, -0.15) is 0 Å². The van der Waals surface area contributed by atoms with E-state index in [1.807, 2.05) is 13.8 Å². The number of hydrogen-bond donors (Lipinski definition) is 0. The topological polar surface area (TPSA) is 0 Å². The van der Waals surface area contributed by atoms with Crippen molar-refractivity contribution in [2.24, 2.45) is 17.8 Å². The van der Waals surface area contributed by atoms with Crippen molar-refractivity contribution in [2.75, 3.05) is 0 Å². The maximum absolute atomic E-state index is 2.41. The molecular formula is C13H28. The molecule has 0 spiro atoms. The Bertz CT molecular complexity index is 107. The third-order valence-electron chi connectivity index (χ3n) is 3.45. The van der Waals surface area contributed by atoms with Crippen LogP contribution in [0, 0.1) is 17.8 Å². The summed E-state index contributed by atoms with van der Waals surface area (Å²) in [5.41, 5.74) is 0. The van der Waals surface area contributed by atoms with Crippen molar-refractivity contribution in [2.45, 2.75) is 66.7 Å². The highest BCUT2D eigenvalue weighted by Gasteiger charge is 2.25. The number of rotatable bonds is 2. The molecule has 0 amide bonds. The van der Waals surface area contributed by atoms with Crippen LogP contribution in [0.4, 0.5) is 0 Å². The van der Waals surface area contributed by atoms with Gasteiger partial charge in [-0.15, -0.1) is 0 Å². The lowest BCUT2D eigenvalue weighted by molar-refractivity contribution is 0.179. The molecule has 0 nitrogen and oxygen atoms in total. The molecule has 80 valence electrons. The molecule has 1 saturated carbocycles. The maximum atomic E-state index is 2.41.